The molecular formula is C12H15N3O. The third-order valence-corrected chi connectivity index (χ3v) is 2.53. The van der Waals surface area contributed by atoms with E-state index in [0.717, 1.165) is 12.8 Å². The fourth-order valence-corrected chi connectivity index (χ4v) is 1.62. The Morgan fingerprint density at radius 1 is 1.12 bits per heavy atom. The average Bonchev–Trinajstić information content (AvgIpc) is 2.71. The number of hydrogen-bond acceptors (Lipinski definition) is 4. The summed E-state index contributed by atoms with van der Waals surface area (Å²) < 4.78 is 4.78. The van der Waals surface area contributed by atoms with Crippen LogP contribution in [0.5, 0.6) is 0 Å². The molecule has 1 aromatic rings. The molecule has 1 aromatic heterocycles. The fraction of sp³-hybridized carbons (Fsp3) is 0.583. The molecular weight excluding hydrogens is 202 g/mol. The van der Waals surface area contributed by atoms with Gasteiger partial charge in [-0.25, -0.2) is 0 Å². The van der Waals surface area contributed by atoms with Gasteiger partial charge in [-0.1, -0.05) is 37.8 Å². The lowest BCUT2D eigenvalue weighted by Gasteiger charge is -1.98. The second-order valence-corrected chi connectivity index (χ2v) is 3.73. The van der Waals surface area contributed by atoms with Gasteiger partial charge in [0.2, 0.25) is 5.76 Å². The first-order chi connectivity index (χ1) is 7.83. The Bertz CT molecular complexity index is 377. The molecule has 1 rings (SSSR count). The third kappa shape index (κ3) is 3.10. The topological polar surface area (TPSA) is 73.6 Å². The van der Waals surface area contributed by atoms with Crippen molar-refractivity contribution in [2.75, 3.05) is 0 Å². The van der Waals surface area contributed by atoms with Gasteiger partial charge in [-0.2, -0.15) is 10.5 Å². The highest BCUT2D eigenvalue weighted by Crippen LogP contribution is 2.16. The van der Waals surface area contributed by atoms with Crippen molar-refractivity contribution >= 4 is 0 Å². The first kappa shape index (κ1) is 12.3. The Morgan fingerprint density at radius 3 is 2.50 bits per heavy atom. The third-order valence-electron chi connectivity index (χ3n) is 2.53. The summed E-state index contributed by atoms with van der Waals surface area (Å²) in [5.41, 5.74) is 0.925. The Morgan fingerprint density at radius 2 is 1.88 bits per heavy atom. The first-order valence-electron chi connectivity index (χ1n) is 5.62. The molecule has 1 heterocycles. The molecule has 4 nitrogen and oxygen atoms in total. The zero-order chi connectivity index (χ0) is 11.8. The van der Waals surface area contributed by atoms with E-state index in [-0.39, 0.29) is 11.5 Å². The van der Waals surface area contributed by atoms with Gasteiger partial charge in [0.15, 0.2) is 5.69 Å². The minimum absolute atomic E-state index is 0.187. The van der Waals surface area contributed by atoms with Gasteiger partial charge in [0.05, 0.1) is 0 Å². The lowest BCUT2D eigenvalue weighted by Crippen LogP contribution is -1.90. The fourth-order valence-electron chi connectivity index (χ4n) is 1.62. The molecule has 84 valence electrons. The Balaban J connectivity index is 2.50. The van der Waals surface area contributed by atoms with Crippen molar-refractivity contribution in [3.63, 3.8) is 0 Å². The molecule has 0 saturated carbocycles. The second-order valence-electron chi connectivity index (χ2n) is 3.73. The maximum Gasteiger partial charge on any atom is 0.240 e. The second kappa shape index (κ2) is 6.63. The molecule has 0 amide bonds. The van der Waals surface area contributed by atoms with Gasteiger partial charge in [0.1, 0.15) is 12.1 Å². The Hall–Kier alpha value is -1.81. The number of aromatic nitrogens is 1. The van der Waals surface area contributed by atoms with E-state index in [1.54, 1.807) is 0 Å². The number of hydrogen-bond donors (Lipinski definition) is 0. The first-order valence-corrected chi connectivity index (χ1v) is 5.62. The van der Waals surface area contributed by atoms with E-state index in [4.69, 9.17) is 15.0 Å². The van der Waals surface area contributed by atoms with Gasteiger partial charge in [0.25, 0.3) is 0 Å². The van der Waals surface area contributed by atoms with Crippen molar-refractivity contribution in [1.82, 2.24) is 5.16 Å². The lowest BCUT2D eigenvalue weighted by molar-refractivity contribution is 0.407. The van der Waals surface area contributed by atoms with Gasteiger partial charge in [-0.15, -0.1) is 0 Å². The molecule has 0 aromatic carbocycles. The molecule has 0 aliphatic heterocycles. The predicted molar refractivity (Wildman–Crippen MR) is 58.4 cm³/mol. The molecule has 0 aliphatic rings. The van der Waals surface area contributed by atoms with Gasteiger partial charge in [0, 0.05) is 5.56 Å². The molecule has 0 atom stereocenters. The van der Waals surface area contributed by atoms with Crippen LogP contribution in [0.25, 0.3) is 0 Å². The highest BCUT2D eigenvalue weighted by atomic mass is 16.5. The molecule has 16 heavy (non-hydrogen) atoms. The summed E-state index contributed by atoms with van der Waals surface area (Å²) in [5, 5.41) is 21.1. The lowest BCUT2D eigenvalue weighted by atomic mass is 10.0. The molecule has 0 fully saturated rings. The smallest absolute Gasteiger partial charge is 0.240 e. The van der Waals surface area contributed by atoms with E-state index in [9.17, 15) is 0 Å². The maximum absolute atomic E-state index is 8.79. The van der Waals surface area contributed by atoms with Gasteiger partial charge >= 0.3 is 0 Å². The van der Waals surface area contributed by atoms with Gasteiger partial charge in [-0.05, 0) is 12.8 Å². The molecule has 0 aliphatic carbocycles. The normalized spacial score (nSPS) is 9.69. The monoisotopic (exact) mass is 217 g/mol. The van der Waals surface area contributed by atoms with Crippen molar-refractivity contribution in [1.29, 1.82) is 10.5 Å². The van der Waals surface area contributed by atoms with Crippen LogP contribution in [0.1, 0.15) is 56.0 Å². The van der Waals surface area contributed by atoms with Crippen LogP contribution in [0, 0.1) is 22.7 Å². The van der Waals surface area contributed by atoms with Crippen molar-refractivity contribution in [2.24, 2.45) is 0 Å². The molecule has 0 spiro atoms. The summed E-state index contributed by atoms with van der Waals surface area (Å²) in [4.78, 5) is 0. The molecule has 0 unspecified atom stereocenters. The highest BCUT2D eigenvalue weighted by molar-refractivity contribution is 5.38. The summed E-state index contributed by atoms with van der Waals surface area (Å²) >= 11 is 0. The zero-order valence-corrected chi connectivity index (χ0v) is 9.49. The quantitative estimate of drug-likeness (QED) is 0.686. The number of rotatable bonds is 6. The minimum Gasteiger partial charge on any atom is -0.344 e. The SMILES string of the molecule is CCCCCCCc1c(C#N)noc1C#N. The molecule has 0 saturated heterocycles. The van der Waals surface area contributed by atoms with Crippen LogP contribution in [-0.4, -0.2) is 5.16 Å². The highest BCUT2D eigenvalue weighted by Gasteiger charge is 2.14. The number of nitrogens with zero attached hydrogens (tertiary/aromatic N) is 3. The maximum atomic E-state index is 8.79. The van der Waals surface area contributed by atoms with Crippen LogP contribution in [0.4, 0.5) is 0 Å². The summed E-state index contributed by atoms with van der Waals surface area (Å²) in [6, 6.07) is 3.87. The molecule has 0 radical (unpaired) electrons. The van der Waals surface area contributed by atoms with Crippen LogP contribution in [0.15, 0.2) is 4.52 Å². The number of unbranched alkanes of at least 4 members (excludes halogenated alkanes) is 4. The predicted octanol–water partition coefficient (Wildman–Crippen LogP) is 2.93. The van der Waals surface area contributed by atoms with Crippen molar-refractivity contribution < 1.29 is 4.52 Å². The summed E-state index contributed by atoms with van der Waals surface area (Å²) in [6.45, 7) is 2.17. The van der Waals surface area contributed by atoms with E-state index in [1.807, 2.05) is 12.1 Å². The van der Waals surface area contributed by atoms with E-state index in [2.05, 4.69) is 12.1 Å². The van der Waals surface area contributed by atoms with Crippen molar-refractivity contribution in [2.45, 2.75) is 45.4 Å². The zero-order valence-electron chi connectivity index (χ0n) is 9.49. The van der Waals surface area contributed by atoms with Crippen LogP contribution in [0.3, 0.4) is 0 Å². The van der Waals surface area contributed by atoms with E-state index < -0.39 is 0 Å². The molecule has 0 N–H and O–H groups in total. The van der Waals surface area contributed by atoms with Crippen LogP contribution >= 0.6 is 0 Å². The van der Waals surface area contributed by atoms with E-state index in [1.165, 1.54) is 19.3 Å². The molecule has 0 bridgehead atoms. The average molecular weight is 217 g/mol. The van der Waals surface area contributed by atoms with E-state index in [0.29, 0.717) is 12.0 Å². The summed E-state index contributed by atoms with van der Waals surface area (Å²) in [7, 11) is 0. The van der Waals surface area contributed by atoms with Crippen LogP contribution in [0.2, 0.25) is 0 Å². The molecule has 4 heteroatoms. The Kier molecular flexibility index (Phi) is 5.08. The standard InChI is InChI=1S/C12H15N3O/c1-2-3-4-5-6-7-10-11(8-13)15-16-12(10)9-14/h2-7H2,1H3. The van der Waals surface area contributed by atoms with Gasteiger partial charge in [-0.3, -0.25) is 0 Å². The van der Waals surface area contributed by atoms with Crippen LogP contribution < -0.4 is 0 Å². The minimum atomic E-state index is 0.187. The van der Waals surface area contributed by atoms with Crippen LogP contribution in [-0.2, 0) is 6.42 Å². The van der Waals surface area contributed by atoms with Crippen molar-refractivity contribution in [3.8, 4) is 12.1 Å². The largest absolute Gasteiger partial charge is 0.344 e. The summed E-state index contributed by atoms with van der Waals surface area (Å²) in [5.74, 6) is 0.187. The Labute approximate surface area is 95.5 Å². The summed E-state index contributed by atoms with van der Waals surface area (Å²) in [6.07, 6.45) is 6.45. The van der Waals surface area contributed by atoms with Crippen molar-refractivity contribution in [3.05, 3.63) is 17.0 Å². The number of nitriles is 2. The van der Waals surface area contributed by atoms with Gasteiger partial charge < -0.3 is 4.52 Å². The van der Waals surface area contributed by atoms with E-state index >= 15 is 0 Å².